The Morgan fingerprint density at radius 2 is 2.18 bits per heavy atom. The molecule has 3 heteroatoms. The number of anilines is 1. The zero-order chi connectivity index (χ0) is 12.7. The fourth-order valence-electron chi connectivity index (χ4n) is 1.69. The lowest BCUT2D eigenvalue weighted by Crippen LogP contribution is -2.32. The molecule has 0 fully saturated rings. The van der Waals surface area contributed by atoms with Crippen LogP contribution in [-0.2, 0) is 0 Å². The van der Waals surface area contributed by atoms with Crippen LogP contribution in [-0.4, -0.2) is 30.9 Å². The fraction of sp³-hybridized carbons (Fsp3) is 0.357. The van der Waals surface area contributed by atoms with Crippen LogP contribution in [0.4, 0.5) is 5.69 Å². The molecule has 1 rings (SSSR count). The number of nitrogens with one attached hydrogen (secondary N) is 1. The summed E-state index contributed by atoms with van der Waals surface area (Å²) in [6, 6.07) is 7.45. The summed E-state index contributed by atoms with van der Waals surface area (Å²) in [6.07, 6.45) is 6.18. The molecular weight excluding hydrogens is 212 g/mol. The molecule has 90 valence electrons. The van der Waals surface area contributed by atoms with Crippen LogP contribution >= 0.6 is 0 Å². The maximum Gasteiger partial charge on any atom is 0.256 e. The largest absolute Gasteiger partial charge is 0.387 e. The van der Waals surface area contributed by atoms with Crippen LogP contribution in [0.1, 0.15) is 23.7 Å². The van der Waals surface area contributed by atoms with Crippen LogP contribution in [0.25, 0.3) is 0 Å². The topological polar surface area (TPSA) is 32.3 Å². The molecule has 0 aliphatic heterocycles. The van der Waals surface area contributed by atoms with Gasteiger partial charge in [0, 0.05) is 19.3 Å². The van der Waals surface area contributed by atoms with E-state index in [-0.39, 0.29) is 5.91 Å². The second kappa shape index (κ2) is 6.59. The van der Waals surface area contributed by atoms with Gasteiger partial charge < -0.3 is 10.2 Å². The standard InChI is InChI=1S/C14H18N2O/c1-4-10-16(11-5-2)14(17)12-8-6-7-9-13(12)15-3/h1,6-9,15H,5,10-11H2,2-3H3. The van der Waals surface area contributed by atoms with E-state index in [1.165, 1.54) is 0 Å². The number of amides is 1. The van der Waals surface area contributed by atoms with Gasteiger partial charge in [-0.2, -0.15) is 0 Å². The zero-order valence-electron chi connectivity index (χ0n) is 10.4. The molecule has 1 amide bonds. The van der Waals surface area contributed by atoms with Crippen LogP contribution in [0, 0.1) is 12.3 Å². The molecule has 3 nitrogen and oxygen atoms in total. The lowest BCUT2D eigenvalue weighted by molar-refractivity contribution is 0.0778. The average molecular weight is 230 g/mol. The van der Waals surface area contributed by atoms with Gasteiger partial charge in [-0.1, -0.05) is 25.0 Å². The number of para-hydroxylation sites is 1. The number of hydrogen-bond acceptors (Lipinski definition) is 2. The van der Waals surface area contributed by atoms with Gasteiger partial charge in [-0.3, -0.25) is 4.79 Å². The van der Waals surface area contributed by atoms with Crippen molar-refractivity contribution < 1.29 is 4.79 Å². The van der Waals surface area contributed by atoms with E-state index in [0.29, 0.717) is 18.7 Å². The van der Waals surface area contributed by atoms with Gasteiger partial charge in [-0.05, 0) is 18.6 Å². The Balaban J connectivity index is 2.97. The van der Waals surface area contributed by atoms with E-state index in [0.717, 1.165) is 12.1 Å². The molecule has 0 spiro atoms. The Morgan fingerprint density at radius 3 is 2.76 bits per heavy atom. The Kier molecular flexibility index (Phi) is 5.09. The van der Waals surface area contributed by atoms with Gasteiger partial charge in [0.25, 0.3) is 5.91 Å². The van der Waals surface area contributed by atoms with Gasteiger partial charge in [0.05, 0.1) is 12.1 Å². The van der Waals surface area contributed by atoms with Crippen LogP contribution < -0.4 is 5.32 Å². The second-order valence-electron chi connectivity index (χ2n) is 3.73. The van der Waals surface area contributed by atoms with Gasteiger partial charge in [0.15, 0.2) is 0 Å². The lowest BCUT2D eigenvalue weighted by Gasteiger charge is -2.20. The molecule has 0 aromatic heterocycles. The molecule has 0 aliphatic rings. The number of hydrogen-bond donors (Lipinski definition) is 1. The number of rotatable bonds is 5. The molecule has 0 radical (unpaired) electrons. The van der Waals surface area contributed by atoms with Crippen molar-refractivity contribution in [3.63, 3.8) is 0 Å². The molecule has 0 saturated carbocycles. The SMILES string of the molecule is C#CCN(CCC)C(=O)c1ccccc1NC. The highest BCUT2D eigenvalue weighted by molar-refractivity contribution is 5.99. The van der Waals surface area contributed by atoms with Crippen molar-refractivity contribution in [3.8, 4) is 12.3 Å². The molecule has 1 aromatic rings. The normalized spacial score (nSPS) is 9.47. The van der Waals surface area contributed by atoms with Gasteiger partial charge >= 0.3 is 0 Å². The van der Waals surface area contributed by atoms with Crippen molar-refractivity contribution in [3.05, 3.63) is 29.8 Å². The minimum Gasteiger partial charge on any atom is -0.387 e. The first-order valence-corrected chi connectivity index (χ1v) is 5.74. The smallest absolute Gasteiger partial charge is 0.256 e. The summed E-state index contributed by atoms with van der Waals surface area (Å²) in [5.74, 6) is 2.51. The van der Waals surface area contributed by atoms with Crippen molar-refractivity contribution >= 4 is 11.6 Å². The molecule has 0 bridgehead atoms. The quantitative estimate of drug-likeness (QED) is 0.787. The number of carbonyl (C=O) groups is 1. The molecule has 0 saturated heterocycles. The fourth-order valence-corrected chi connectivity index (χ4v) is 1.69. The summed E-state index contributed by atoms with van der Waals surface area (Å²) in [6.45, 7) is 3.06. The van der Waals surface area contributed by atoms with Crippen molar-refractivity contribution in [2.75, 3.05) is 25.5 Å². The molecule has 1 aromatic carbocycles. The number of benzene rings is 1. The molecule has 0 heterocycles. The first kappa shape index (κ1) is 13.1. The van der Waals surface area contributed by atoms with E-state index in [1.807, 2.05) is 31.2 Å². The molecule has 0 atom stereocenters. The highest BCUT2D eigenvalue weighted by atomic mass is 16.2. The van der Waals surface area contributed by atoms with Gasteiger partial charge in [0.2, 0.25) is 0 Å². The molecule has 0 aliphatic carbocycles. The second-order valence-corrected chi connectivity index (χ2v) is 3.73. The predicted octanol–water partition coefficient (Wildman–Crippen LogP) is 2.21. The Hall–Kier alpha value is -1.95. The van der Waals surface area contributed by atoms with E-state index in [2.05, 4.69) is 11.2 Å². The highest BCUT2D eigenvalue weighted by Gasteiger charge is 2.16. The Bertz CT molecular complexity index is 420. The average Bonchev–Trinajstić information content (AvgIpc) is 2.37. The molecule has 0 unspecified atom stereocenters. The van der Waals surface area contributed by atoms with E-state index >= 15 is 0 Å². The summed E-state index contributed by atoms with van der Waals surface area (Å²) in [5, 5.41) is 3.02. The Morgan fingerprint density at radius 1 is 1.47 bits per heavy atom. The van der Waals surface area contributed by atoms with Crippen molar-refractivity contribution in [1.82, 2.24) is 4.90 Å². The number of nitrogens with zero attached hydrogens (tertiary/aromatic N) is 1. The van der Waals surface area contributed by atoms with Crippen molar-refractivity contribution in [2.45, 2.75) is 13.3 Å². The summed E-state index contributed by atoms with van der Waals surface area (Å²) in [5.41, 5.74) is 1.49. The third-order valence-electron chi connectivity index (χ3n) is 2.49. The van der Waals surface area contributed by atoms with E-state index in [4.69, 9.17) is 6.42 Å². The van der Waals surface area contributed by atoms with E-state index in [1.54, 1.807) is 11.9 Å². The summed E-state index contributed by atoms with van der Waals surface area (Å²) >= 11 is 0. The maximum atomic E-state index is 12.3. The first-order valence-electron chi connectivity index (χ1n) is 5.74. The van der Waals surface area contributed by atoms with Crippen molar-refractivity contribution in [2.24, 2.45) is 0 Å². The summed E-state index contributed by atoms with van der Waals surface area (Å²) in [7, 11) is 1.80. The minimum atomic E-state index is -0.0187. The monoisotopic (exact) mass is 230 g/mol. The molecule has 17 heavy (non-hydrogen) atoms. The van der Waals surface area contributed by atoms with Gasteiger partial charge in [-0.25, -0.2) is 0 Å². The summed E-state index contributed by atoms with van der Waals surface area (Å²) < 4.78 is 0. The predicted molar refractivity (Wildman–Crippen MR) is 71.0 cm³/mol. The highest BCUT2D eigenvalue weighted by Crippen LogP contribution is 2.16. The van der Waals surface area contributed by atoms with Crippen molar-refractivity contribution in [1.29, 1.82) is 0 Å². The van der Waals surface area contributed by atoms with Crippen LogP contribution in [0.2, 0.25) is 0 Å². The third-order valence-corrected chi connectivity index (χ3v) is 2.49. The minimum absolute atomic E-state index is 0.0187. The zero-order valence-corrected chi connectivity index (χ0v) is 10.4. The van der Waals surface area contributed by atoms with E-state index < -0.39 is 0 Å². The van der Waals surface area contributed by atoms with Gasteiger partial charge in [-0.15, -0.1) is 6.42 Å². The Labute approximate surface area is 103 Å². The van der Waals surface area contributed by atoms with Crippen LogP contribution in [0.5, 0.6) is 0 Å². The summed E-state index contributed by atoms with van der Waals surface area (Å²) in [4.78, 5) is 14.0. The first-order chi connectivity index (χ1) is 8.24. The molecule has 1 N–H and O–H groups in total. The van der Waals surface area contributed by atoms with Crippen LogP contribution in [0.15, 0.2) is 24.3 Å². The number of terminal acetylenes is 1. The number of carbonyl (C=O) groups excluding carboxylic acids is 1. The van der Waals surface area contributed by atoms with E-state index in [9.17, 15) is 4.79 Å². The van der Waals surface area contributed by atoms with Gasteiger partial charge in [0.1, 0.15) is 0 Å². The third kappa shape index (κ3) is 3.25. The molecular formula is C14H18N2O. The van der Waals surface area contributed by atoms with Crippen LogP contribution in [0.3, 0.4) is 0 Å². The maximum absolute atomic E-state index is 12.3. The lowest BCUT2D eigenvalue weighted by atomic mass is 10.1.